The Labute approximate surface area is 89.8 Å². The van der Waals surface area contributed by atoms with E-state index in [9.17, 15) is 12.8 Å². The first-order chi connectivity index (χ1) is 6.38. The van der Waals surface area contributed by atoms with Crippen molar-refractivity contribution in [2.75, 3.05) is 7.11 Å². The molecule has 0 bridgehead atoms. The molecule has 0 radical (unpaired) electrons. The molecule has 0 saturated carbocycles. The lowest BCUT2D eigenvalue weighted by Crippen LogP contribution is -1.98. The largest absolute Gasteiger partial charge is 0.494 e. The fourth-order valence-electron chi connectivity index (χ4n) is 0.897. The van der Waals surface area contributed by atoms with E-state index in [1.807, 2.05) is 0 Å². The minimum absolute atomic E-state index is 0.290. The summed E-state index contributed by atoms with van der Waals surface area (Å²) in [6, 6.07) is 1.89. The summed E-state index contributed by atoms with van der Waals surface area (Å²) in [4.78, 5) is -0.354. The number of ether oxygens (including phenoxy) is 1. The Morgan fingerprint density at radius 1 is 1.43 bits per heavy atom. The smallest absolute Gasteiger partial charge is 0.265 e. The monoisotopic (exact) mass is 258 g/mol. The number of rotatable bonds is 2. The lowest BCUT2D eigenvalue weighted by atomic mass is 10.3. The average molecular weight is 259 g/mol. The van der Waals surface area contributed by atoms with Crippen LogP contribution in [0.5, 0.6) is 5.75 Å². The first-order valence-electron chi connectivity index (χ1n) is 3.34. The molecule has 1 aromatic carbocycles. The molecular weight excluding hydrogens is 254 g/mol. The van der Waals surface area contributed by atoms with Crippen molar-refractivity contribution in [3.8, 4) is 5.75 Å². The molecule has 0 spiro atoms. The van der Waals surface area contributed by atoms with Gasteiger partial charge in [-0.1, -0.05) is 11.6 Å². The van der Waals surface area contributed by atoms with Gasteiger partial charge in [-0.05, 0) is 12.1 Å². The van der Waals surface area contributed by atoms with Crippen LogP contribution in [-0.4, -0.2) is 15.5 Å². The first-order valence-corrected chi connectivity index (χ1v) is 6.03. The van der Waals surface area contributed by atoms with Crippen molar-refractivity contribution in [2.24, 2.45) is 0 Å². The van der Waals surface area contributed by atoms with Crippen molar-refractivity contribution in [3.05, 3.63) is 23.0 Å². The maximum atomic E-state index is 12.9. The Balaban J connectivity index is 3.55. The molecule has 0 unspecified atom stereocenters. The topological polar surface area (TPSA) is 43.4 Å². The zero-order valence-electron chi connectivity index (χ0n) is 6.92. The van der Waals surface area contributed by atoms with Crippen molar-refractivity contribution in [3.63, 3.8) is 0 Å². The molecule has 0 aliphatic carbocycles. The summed E-state index contributed by atoms with van der Waals surface area (Å²) >= 11 is 5.48. The molecule has 14 heavy (non-hydrogen) atoms. The highest BCUT2D eigenvalue weighted by atomic mass is 35.7. The van der Waals surface area contributed by atoms with E-state index in [2.05, 4.69) is 4.74 Å². The number of benzene rings is 1. The van der Waals surface area contributed by atoms with Crippen LogP contribution in [0.25, 0.3) is 0 Å². The van der Waals surface area contributed by atoms with E-state index < -0.39 is 19.9 Å². The van der Waals surface area contributed by atoms with Crippen LogP contribution in [0.15, 0.2) is 17.0 Å². The molecule has 0 fully saturated rings. The van der Waals surface area contributed by atoms with Gasteiger partial charge in [0.05, 0.1) is 7.11 Å². The van der Waals surface area contributed by atoms with E-state index in [4.69, 9.17) is 22.3 Å². The van der Waals surface area contributed by atoms with Gasteiger partial charge in [0.2, 0.25) is 0 Å². The Morgan fingerprint density at radius 2 is 2.00 bits per heavy atom. The zero-order chi connectivity index (χ0) is 10.9. The van der Waals surface area contributed by atoms with Crippen molar-refractivity contribution < 1.29 is 17.5 Å². The van der Waals surface area contributed by atoms with Crippen LogP contribution in [0.3, 0.4) is 0 Å². The molecule has 0 aliphatic rings. The fraction of sp³-hybridized carbons (Fsp3) is 0.143. The Hall–Kier alpha value is -0.520. The standard InChI is InChI=1S/C7H5Cl2FO3S/c1-13-7-5(14(9,11)12)3-2-4(10)6(7)8/h2-3H,1H3. The molecule has 0 N–H and O–H groups in total. The van der Waals surface area contributed by atoms with Crippen molar-refractivity contribution in [1.29, 1.82) is 0 Å². The SMILES string of the molecule is COc1c(S(=O)(=O)Cl)ccc(F)c1Cl. The second-order valence-corrected chi connectivity index (χ2v) is 5.24. The summed E-state index contributed by atoms with van der Waals surface area (Å²) in [5.41, 5.74) is 0. The summed E-state index contributed by atoms with van der Waals surface area (Å²) in [5.74, 6) is -1.06. The summed E-state index contributed by atoms with van der Waals surface area (Å²) in [5, 5.41) is -0.408. The number of hydrogen-bond acceptors (Lipinski definition) is 3. The highest BCUT2D eigenvalue weighted by Crippen LogP contribution is 2.35. The van der Waals surface area contributed by atoms with Gasteiger partial charge in [0.25, 0.3) is 9.05 Å². The zero-order valence-corrected chi connectivity index (χ0v) is 9.25. The summed E-state index contributed by atoms with van der Waals surface area (Å²) in [7, 11) is 2.26. The first kappa shape index (κ1) is 11.6. The Morgan fingerprint density at radius 3 is 2.43 bits per heavy atom. The minimum atomic E-state index is -3.99. The molecular formula is C7H5Cl2FO3S. The van der Waals surface area contributed by atoms with Crippen LogP contribution in [0.2, 0.25) is 5.02 Å². The second kappa shape index (κ2) is 3.92. The maximum absolute atomic E-state index is 12.9. The maximum Gasteiger partial charge on any atom is 0.265 e. The molecule has 7 heteroatoms. The van der Waals surface area contributed by atoms with E-state index in [1.165, 1.54) is 7.11 Å². The number of halogens is 3. The van der Waals surface area contributed by atoms with E-state index in [0.717, 1.165) is 12.1 Å². The molecule has 0 aromatic heterocycles. The summed E-state index contributed by atoms with van der Waals surface area (Å²) in [6.45, 7) is 0. The molecule has 78 valence electrons. The van der Waals surface area contributed by atoms with Gasteiger partial charge in [-0.25, -0.2) is 12.8 Å². The van der Waals surface area contributed by atoms with Gasteiger partial charge in [-0.2, -0.15) is 0 Å². The summed E-state index contributed by atoms with van der Waals surface area (Å²) in [6.07, 6.45) is 0. The van der Waals surface area contributed by atoms with Crippen molar-refractivity contribution in [1.82, 2.24) is 0 Å². The van der Waals surface area contributed by atoms with Crippen LogP contribution in [0, 0.1) is 5.82 Å². The molecule has 0 saturated heterocycles. The molecule has 0 aliphatic heterocycles. The average Bonchev–Trinajstić information content (AvgIpc) is 2.07. The molecule has 0 atom stereocenters. The third-order valence-electron chi connectivity index (χ3n) is 1.48. The van der Waals surface area contributed by atoms with E-state index in [0.29, 0.717) is 0 Å². The van der Waals surface area contributed by atoms with Gasteiger partial charge in [0, 0.05) is 10.7 Å². The van der Waals surface area contributed by atoms with Crippen LogP contribution in [0.1, 0.15) is 0 Å². The quantitative estimate of drug-likeness (QED) is 0.766. The molecule has 1 rings (SSSR count). The minimum Gasteiger partial charge on any atom is -0.494 e. The van der Waals surface area contributed by atoms with Crippen LogP contribution < -0.4 is 4.74 Å². The number of methoxy groups -OCH3 is 1. The van der Waals surface area contributed by atoms with Gasteiger partial charge in [0.1, 0.15) is 15.7 Å². The van der Waals surface area contributed by atoms with Gasteiger partial charge in [-0.3, -0.25) is 0 Å². The molecule has 1 aromatic rings. The lowest BCUT2D eigenvalue weighted by molar-refractivity contribution is 0.400. The van der Waals surface area contributed by atoms with Gasteiger partial charge >= 0.3 is 0 Å². The Bertz CT molecular complexity index is 458. The van der Waals surface area contributed by atoms with Gasteiger partial charge in [-0.15, -0.1) is 0 Å². The molecule has 3 nitrogen and oxygen atoms in total. The predicted molar refractivity (Wildman–Crippen MR) is 51.0 cm³/mol. The van der Waals surface area contributed by atoms with Crippen molar-refractivity contribution >= 4 is 31.3 Å². The van der Waals surface area contributed by atoms with Crippen molar-refractivity contribution in [2.45, 2.75) is 4.90 Å². The lowest BCUT2D eigenvalue weighted by Gasteiger charge is -2.07. The van der Waals surface area contributed by atoms with Gasteiger partial charge in [0.15, 0.2) is 5.75 Å². The molecule has 0 heterocycles. The second-order valence-electron chi connectivity index (χ2n) is 2.33. The highest BCUT2D eigenvalue weighted by molar-refractivity contribution is 8.13. The van der Waals surface area contributed by atoms with E-state index in [-0.39, 0.29) is 10.6 Å². The normalized spacial score (nSPS) is 11.4. The van der Waals surface area contributed by atoms with E-state index in [1.54, 1.807) is 0 Å². The third kappa shape index (κ3) is 2.10. The Kier molecular flexibility index (Phi) is 3.24. The van der Waals surface area contributed by atoms with Crippen LogP contribution in [-0.2, 0) is 9.05 Å². The van der Waals surface area contributed by atoms with Crippen LogP contribution >= 0.6 is 22.3 Å². The number of hydrogen-bond donors (Lipinski definition) is 0. The van der Waals surface area contributed by atoms with Gasteiger partial charge < -0.3 is 4.74 Å². The van der Waals surface area contributed by atoms with E-state index >= 15 is 0 Å². The summed E-state index contributed by atoms with van der Waals surface area (Å²) < 4.78 is 39.5. The fourth-order valence-corrected chi connectivity index (χ4v) is 2.20. The van der Waals surface area contributed by atoms with Crippen LogP contribution in [0.4, 0.5) is 4.39 Å². The highest BCUT2D eigenvalue weighted by Gasteiger charge is 2.21. The molecule has 0 amide bonds. The third-order valence-corrected chi connectivity index (χ3v) is 3.18. The predicted octanol–water partition coefficient (Wildman–Crippen LogP) is 2.42.